The van der Waals surface area contributed by atoms with Crippen LogP contribution < -0.4 is 10.4 Å². The van der Waals surface area contributed by atoms with Gasteiger partial charge in [0.25, 0.3) is 5.91 Å². The van der Waals surface area contributed by atoms with Crippen LogP contribution in [0.5, 0.6) is 0 Å². The zero-order valence-corrected chi connectivity index (χ0v) is 15.1. The largest absolute Gasteiger partial charge is 0.338 e. The predicted octanol–water partition coefficient (Wildman–Crippen LogP) is 3.28. The van der Waals surface area contributed by atoms with Crippen molar-refractivity contribution in [1.82, 2.24) is 10.2 Å². The molecule has 5 nitrogen and oxygen atoms in total. The number of nitrogens with zero attached hydrogens (tertiary/aromatic N) is 2. The van der Waals surface area contributed by atoms with Gasteiger partial charge in [0.1, 0.15) is 12.0 Å². The average molecular weight is 391 g/mol. The first kappa shape index (κ1) is 18.8. The van der Waals surface area contributed by atoms with E-state index in [1.165, 1.54) is 23.3 Å². The summed E-state index contributed by atoms with van der Waals surface area (Å²) in [5, 5.41) is 4.66. The van der Waals surface area contributed by atoms with Gasteiger partial charge in [-0.05, 0) is 37.1 Å². The highest BCUT2D eigenvalue weighted by atomic mass is 19.2. The van der Waals surface area contributed by atoms with E-state index in [4.69, 9.17) is 4.84 Å². The van der Waals surface area contributed by atoms with Gasteiger partial charge in [-0.1, -0.05) is 12.1 Å². The number of carbonyl (C=O) groups excluding carboxylic acids is 1. The Balaban J connectivity index is 1.42. The minimum Gasteiger partial charge on any atom is -0.338 e. The van der Waals surface area contributed by atoms with Crippen molar-refractivity contribution in [3.8, 4) is 0 Å². The van der Waals surface area contributed by atoms with Crippen LogP contribution in [-0.4, -0.2) is 36.8 Å². The van der Waals surface area contributed by atoms with E-state index in [9.17, 15) is 18.0 Å². The maximum Gasteiger partial charge on any atom is 0.256 e. The molecule has 2 fully saturated rings. The number of nitrogens with one attached hydrogen (secondary N) is 1. The van der Waals surface area contributed by atoms with Crippen LogP contribution >= 0.6 is 0 Å². The van der Waals surface area contributed by atoms with Crippen LogP contribution in [0.4, 0.5) is 18.9 Å². The summed E-state index contributed by atoms with van der Waals surface area (Å²) in [5.74, 6) is -2.72. The lowest BCUT2D eigenvalue weighted by Crippen LogP contribution is -2.46. The Hall–Kier alpha value is -2.58. The smallest absolute Gasteiger partial charge is 0.256 e. The average Bonchev–Trinajstić information content (AvgIpc) is 3.20. The van der Waals surface area contributed by atoms with Gasteiger partial charge in [-0.15, -0.1) is 0 Å². The minimum absolute atomic E-state index is 0.000214. The zero-order valence-electron chi connectivity index (χ0n) is 15.1. The van der Waals surface area contributed by atoms with Crippen LogP contribution in [-0.2, 0) is 4.84 Å². The van der Waals surface area contributed by atoms with E-state index in [0.29, 0.717) is 25.4 Å². The Bertz CT molecular complexity index is 880. The number of amides is 1. The number of benzene rings is 2. The zero-order chi connectivity index (χ0) is 19.7. The highest BCUT2D eigenvalue weighted by Gasteiger charge is 2.35. The van der Waals surface area contributed by atoms with Crippen molar-refractivity contribution in [2.24, 2.45) is 5.92 Å². The minimum atomic E-state index is -0.941. The lowest BCUT2D eigenvalue weighted by molar-refractivity contribution is 0.00505. The van der Waals surface area contributed by atoms with Crippen LogP contribution in [0.2, 0.25) is 0 Å². The van der Waals surface area contributed by atoms with Crippen LogP contribution in [0.3, 0.4) is 0 Å². The van der Waals surface area contributed by atoms with Gasteiger partial charge in [0.05, 0.1) is 17.9 Å². The molecule has 0 aliphatic carbocycles. The molecule has 0 bridgehead atoms. The molecule has 2 aliphatic rings. The molecule has 8 heteroatoms. The van der Waals surface area contributed by atoms with Crippen LogP contribution in [0.25, 0.3) is 0 Å². The third-order valence-electron chi connectivity index (χ3n) is 5.15. The summed E-state index contributed by atoms with van der Waals surface area (Å²) in [6.07, 6.45) is 1.24. The molecule has 0 saturated carbocycles. The molecule has 28 heavy (non-hydrogen) atoms. The first-order valence-electron chi connectivity index (χ1n) is 9.19. The van der Waals surface area contributed by atoms with Gasteiger partial charge in [0, 0.05) is 25.1 Å². The van der Waals surface area contributed by atoms with Gasteiger partial charge < -0.3 is 4.90 Å². The third-order valence-corrected chi connectivity index (χ3v) is 5.15. The number of likely N-dealkylation sites (tertiary alicyclic amines) is 1. The number of anilines is 1. The number of piperidine rings is 1. The van der Waals surface area contributed by atoms with Gasteiger partial charge >= 0.3 is 0 Å². The maximum absolute atomic E-state index is 13.9. The van der Waals surface area contributed by atoms with E-state index < -0.39 is 17.5 Å². The quantitative estimate of drug-likeness (QED) is 0.872. The number of carbonyl (C=O) groups is 1. The normalized spacial score (nSPS) is 22.5. The Labute approximate surface area is 160 Å². The second-order valence-corrected chi connectivity index (χ2v) is 7.00. The molecule has 2 aromatic carbocycles. The van der Waals surface area contributed by atoms with E-state index >= 15 is 0 Å². The molecular formula is C20H20F3N3O2. The highest BCUT2D eigenvalue weighted by molar-refractivity contribution is 5.94. The van der Waals surface area contributed by atoms with Crippen LogP contribution in [0.15, 0.2) is 42.5 Å². The third kappa shape index (κ3) is 3.70. The SMILES string of the molecule is O=C(c1ccccc1F)N1CCC[C@H](C2NCN(c3ccc(F)c(F)c3)O2)C1. The topological polar surface area (TPSA) is 44.8 Å². The summed E-state index contributed by atoms with van der Waals surface area (Å²) in [7, 11) is 0. The first-order valence-corrected chi connectivity index (χ1v) is 9.19. The lowest BCUT2D eigenvalue weighted by Gasteiger charge is -2.35. The van der Waals surface area contributed by atoms with Gasteiger partial charge in [-0.2, -0.15) is 0 Å². The summed E-state index contributed by atoms with van der Waals surface area (Å²) in [4.78, 5) is 20.2. The Morgan fingerprint density at radius 3 is 2.68 bits per heavy atom. The van der Waals surface area contributed by atoms with Crippen molar-refractivity contribution in [1.29, 1.82) is 0 Å². The summed E-state index contributed by atoms with van der Waals surface area (Å²) >= 11 is 0. The van der Waals surface area contributed by atoms with E-state index in [1.54, 1.807) is 17.0 Å². The van der Waals surface area contributed by atoms with E-state index in [-0.39, 0.29) is 23.6 Å². The number of rotatable bonds is 3. The number of hydrogen-bond acceptors (Lipinski definition) is 4. The van der Waals surface area contributed by atoms with E-state index in [0.717, 1.165) is 25.0 Å². The van der Waals surface area contributed by atoms with E-state index in [2.05, 4.69) is 5.32 Å². The molecule has 1 amide bonds. The first-order chi connectivity index (χ1) is 13.5. The summed E-state index contributed by atoms with van der Waals surface area (Å²) in [5.41, 5.74) is 0.468. The van der Waals surface area contributed by atoms with E-state index in [1.807, 2.05) is 0 Å². The second kappa shape index (κ2) is 7.81. The van der Waals surface area contributed by atoms with Crippen molar-refractivity contribution >= 4 is 11.6 Å². The molecule has 0 aromatic heterocycles. The second-order valence-electron chi connectivity index (χ2n) is 7.00. The molecule has 148 valence electrons. The molecule has 1 N–H and O–H groups in total. The summed E-state index contributed by atoms with van der Waals surface area (Å²) in [6, 6.07) is 9.52. The van der Waals surface area contributed by atoms with Crippen molar-refractivity contribution in [2.75, 3.05) is 24.8 Å². The number of halogens is 3. The molecule has 0 spiro atoms. The maximum atomic E-state index is 13.9. The molecule has 2 aromatic rings. The van der Waals surface area contributed by atoms with Crippen LogP contribution in [0, 0.1) is 23.4 Å². The fourth-order valence-corrected chi connectivity index (χ4v) is 3.68. The Morgan fingerprint density at radius 2 is 1.89 bits per heavy atom. The predicted molar refractivity (Wildman–Crippen MR) is 96.7 cm³/mol. The summed E-state index contributed by atoms with van der Waals surface area (Å²) in [6.45, 7) is 1.30. The van der Waals surface area contributed by atoms with Crippen molar-refractivity contribution in [3.63, 3.8) is 0 Å². The molecule has 1 unspecified atom stereocenters. The molecule has 2 atom stereocenters. The van der Waals surface area contributed by atoms with Crippen molar-refractivity contribution < 1.29 is 22.8 Å². The fourth-order valence-electron chi connectivity index (χ4n) is 3.68. The number of hydrogen-bond donors (Lipinski definition) is 1. The lowest BCUT2D eigenvalue weighted by atomic mass is 9.95. The highest BCUT2D eigenvalue weighted by Crippen LogP contribution is 2.28. The number of hydroxylamine groups is 1. The van der Waals surface area contributed by atoms with Gasteiger partial charge in [-0.3, -0.25) is 14.9 Å². The standard InChI is InChI=1S/C20H20F3N3O2/c21-16-6-2-1-5-15(16)20(27)25-9-3-4-13(11-25)19-24-12-26(28-19)14-7-8-17(22)18(23)10-14/h1-2,5-8,10,13,19,24H,3-4,9,11-12H2/t13-,19?/m0/s1. The van der Waals surface area contributed by atoms with Crippen molar-refractivity contribution in [2.45, 2.75) is 19.1 Å². The van der Waals surface area contributed by atoms with Gasteiger partial charge in [0.15, 0.2) is 11.6 Å². The van der Waals surface area contributed by atoms with Gasteiger partial charge in [0.2, 0.25) is 0 Å². The Kier molecular flexibility index (Phi) is 5.23. The van der Waals surface area contributed by atoms with Crippen LogP contribution in [0.1, 0.15) is 23.2 Å². The molecular weight excluding hydrogens is 371 g/mol. The molecule has 4 rings (SSSR count). The molecule has 2 aliphatic heterocycles. The summed E-state index contributed by atoms with van der Waals surface area (Å²) < 4.78 is 40.5. The van der Waals surface area contributed by atoms with Crippen molar-refractivity contribution in [3.05, 3.63) is 65.5 Å². The Morgan fingerprint density at radius 1 is 1.07 bits per heavy atom. The fraction of sp³-hybridized carbons (Fsp3) is 0.350. The molecule has 2 heterocycles. The monoisotopic (exact) mass is 391 g/mol. The molecule has 2 saturated heterocycles. The van der Waals surface area contributed by atoms with Gasteiger partial charge in [-0.25, -0.2) is 18.2 Å². The molecule has 0 radical (unpaired) electrons.